The quantitative estimate of drug-likeness (QED) is 0.723. The summed E-state index contributed by atoms with van der Waals surface area (Å²) in [6.07, 6.45) is 1.94. The number of methoxy groups -OCH3 is 1. The number of likely N-dealkylation sites (tertiary alicyclic amines) is 1. The van der Waals surface area contributed by atoms with Crippen LogP contribution in [0.5, 0.6) is 11.5 Å². The molecule has 1 aliphatic heterocycles. The van der Waals surface area contributed by atoms with Gasteiger partial charge in [-0.2, -0.15) is 0 Å². The lowest BCUT2D eigenvalue weighted by Gasteiger charge is -2.31. The van der Waals surface area contributed by atoms with Crippen LogP contribution < -0.4 is 9.47 Å². The van der Waals surface area contributed by atoms with Gasteiger partial charge in [-0.15, -0.1) is 0 Å². The molecule has 0 bridgehead atoms. The van der Waals surface area contributed by atoms with Crippen LogP contribution in [-0.4, -0.2) is 44.3 Å². The molecule has 1 unspecified atom stereocenters. The SMILES string of the molecule is CCOC(=O)C1CCCN(Cc2ccc(OC)c(OCC)c2)C1. The molecule has 1 fully saturated rings. The molecule has 0 saturated carbocycles. The summed E-state index contributed by atoms with van der Waals surface area (Å²) in [7, 11) is 1.64. The van der Waals surface area contributed by atoms with Crippen molar-refractivity contribution < 1.29 is 19.0 Å². The first-order chi connectivity index (χ1) is 11.2. The number of ether oxygens (including phenoxy) is 3. The molecule has 0 amide bonds. The number of nitrogens with zero attached hydrogens (tertiary/aromatic N) is 1. The Labute approximate surface area is 138 Å². The van der Waals surface area contributed by atoms with E-state index >= 15 is 0 Å². The lowest BCUT2D eigenvalue weighted by molar-refractivity contribution is -0.150. The van der Waals surface area contributed by atoms with Gasteiger partial charge in [0, 0.05) is 13.1 Å². The van der Waals surface area contributed by atoms with Gasteiger partial charge in [0.25, 0.3) is 0 Å². The second kappa shape index (κ2) is 8.77. The minimum absolute atomic E-state index is 0.00619. The lowest BCUT2D eigenvalue weighted by Crippen LogP contribution is -2.38. The number of hydrogen-bond donors (Lipinski definition) is 0. The smallest absolute Gasteiger partial charge is 0.310 e. The van der Waals surface area contributed by atoms with E-state index in [4.69, 9.17) is 14.2 Å². The number of piperidine rings is 1. The molecule has 5 nitrogen and oxygen atoms in total. The maximum Gasteiger partial charge on any atom is 0.310 e. The Balaban J connectivity index is 2.00. The van der Waals surface area contributed by atoms with E-state index < -0.39 is 0 Å². The van der Waals surface area contributed by atoms with E-state index in [1.165, 1.54) is 5.56 Å². The Bertz CT molecular complexity index is 518. The van der Waals surface area contributed by atoms with Crippen molar-refractivity contribution in [1.29, 1.82) is 0 Å². The van der Waals surface area contributed by atoms with Crippen LogP contribution in [-0.2, 0) is 16.1 Å². The Morgan fingerprint density at radius 3 is 2.78 bits per heavy atom. The summed E-state index contributed by atoms with van der Waals surface area (Å²) in [6.45, 7) is 7.44. The van der Waals surface area contributed by atoms with Crippen molar-refractivity contribution in [2.75, 3.05) is 33.4 Å². The highest BCUT2D eigenvalue weighted by molar-refractivity contribution is 5.72. The van der Waals surface area contributed by atoms with E-state index in [-0.39, 0.29) is 11.9 Å². The molecule has 1 atom stereocenters. The van der Waals surface area contributed by atoms with E-state index in [1.807, 2.05) is 26.0 Å². The van der Waals surface area contributed by atoms with Gasteiger partial charge in [-0.25, -0.2) is 0 Å². The van der Waals surface area contributed by atoms with Crippen LogP contribution in [0, 0.1) is 5.92 Å². The van der Waals surface area contributed by atoms with Crippen LogP contribution in [0.15, 0.2) is 18.2 Å². The molecule has 1 aliphatic rings. The highest BCUT2D eigenvalue weighted by Gasteiger charge is 2.26. The summed E-state index contributed by atoms with van der Waals surface area (Å²) in [4.78, 5) is 14.2. The van der Waals surface area contributed by atoms with Gasteiger partial charge >= 0.3 is 5.97 Å². The number of hydrogen-bond acceptors (Lipinski definition) is 5. The van der Waals surface area contributed by atoms with Crippen molar-refractivity contribution in [2.45, 2.75) is 33.2 Å². The summed E-state index contributed by atoms with van der Waals surface area (Å²) in [5, 5.41) is 0. The van der Waals surface area contributed by atoms with Gasteiger partial charge in [-0.1, -0.05) is 6.07 Å². The van der Waals surface area contributed by atoms with Gasteiger partial charge in [-0.05, 0) is 50.9 Å². The maximum atomic E-state index is 11.9. The van der Waals surface area contributed by atoms with Crippen LogP contribution in [0.1, 0.15) is 32.3 Å². The average molecular weight is 321 g/mol. The summed E-state index contributed by atoms with van der Waals surface area (Å²) in [6, 6.07) is 6.01. The molecule has 0 radical (unpaired) electrons. The normalized spacial score (nSPS) is 18.5. The van der Waals surface area contributed by atoms with Gasteiger partial charge in [-0.3, -0.25) is 9.69 Å². The predicted molar refractivity (Wildman–Crippen MR) is 88.8 cm³/mol. The fraction of sp³-hybridized carbons (Fsp3) is 0.611. The molecule has 1 saturated heterocycles. The first-order valence-electron chi connectivity index (χ1n) is 8.36. The van der Waals surface area contributed by atoms with Gasteiger partial charge in [0.2, 0.25) is 0 Å². The molecular weight excluding hydrogens is 294 g/mol. The average Bonchev–Trinajstić information content (AvgIpc) is 2.56. The third kappa shape index (κ3) is 4.86. The standard InChI is InChI=1S/C18H27NO4/c1-4-22-17-11-14(8-9-16(17)21-3)12-19-10-6-7-15(13-19)18(20)23-5-2/h8-9,11,15H,4-7,10,12-13H2,1-3H3. The summed E-state index contributed by atoms with van der Waals surface area (Å²) in [5.41, 5.74) is 1.17. The Morgan fingerprint density at radius 1 is 1.26 bits per heavy atom. The monoisotopic (exact) mass is 321 g/mol. The fourth-order valence-electron chi connectivity index (χ4n) is 3.00. The Kier molecular flexibility index (Phi) is 6.71. The van der Waals surface area contributed by atoms with E-state index in [9.17, 15) is 4.79 Å². The molecule has 5 heteroatoms. The van der Waals surface area contributed by atoms with E-state index in [0.29, 0.717) is 13.2 Å². The molecule has 1 heterocycles. The van der Waals surface area contributed by atoms with Crippen LogP contribution in [0.2, 0.25) is 0 Å². The van der Waals surface area contributed by atoms with Crippen molar-refractivity contribution in [3.63, 3.8) is 0 Å². The molecular formula is C18H27NO4. The van der Waals surface area contributed by atoms with Gasteiger partial charge in [0.1, 0.15) is 0 Å². The Morgan fingerprint density at radius 2 is 2.09 bits per heavy atom. The maximum absolute atomic E-state index is 11.9. The molecule has 0 N–H and O–H groups in total. The number of rotatable bonds is 7. The third-order valence-corrected chi connectivity index (χ3v) is 4.06. The Hall–Kier alpha value is -1.75. The van der Waals surface area contributed by atoms with Gasteiger partial charge in [0.15, 0.2) is 11.5 Å². The molecule has 23 heavy (non-hydrogen) atoms. The lowest BCUT2D eigenvalue weighted by atomic mass is 9.97. The second-order valence-corrected chi connectivity index (χ2v) is 5.74. The van der Waals surface area contributed by atoms with Crippen molar-refractivity contribution in [3.8, 4) is 11.5 Å². The van der Waals surface area contributed by atoms with Crippen molar-refractivity contribution in [3.05, 3.63) is 23.8 Å². The van der Waals surface area contributed by atoms with Crippen LogP contribution in [0.25, 0.3) is 0 Å². The molecule has 0 aliphatic carbocycles. The van der Waals surface area contributed by atoms with E-state index in [1.54, 1.807) is 7.11 Å². The topological polar surface area (TPSA) is 48.0 Å². The molecule has 1 aromatic rings. The zero-order chi connectivity index (χ0) is 16.7. The highest BCUT2D eigenvalue weighted by Crippen LogP contribution is 2.29. The number of benzene rings is 1. The third-order valence-electron chi connectivity index (χ3n) is 4.06. The van der Waals surface area contributed by atoms with Crippen LogP contribution in [0.4, 0.5) is 0 Å². The first-order valence-corrected chi connectivity index (χ1v) is 8.36. The molecule has 128 valence electrons. The molecule has 1 aromatic carbocycles. The number of carbonyl (C=O) groups excluding carboxylic acids is 1. The van der Waals surface area contributed by atoms with E-state index in [2.05, 4.69) is 11.0 Å². The zero-order valence-corrected chi connectivity index (χ0v) is 14.3. The molecule has 2 rings (SSSR count). The second-order valence-electron chi connectivity index (χ2n) is 5.74. The predicted octanol–water partition coefficient (Wildman–Crippen LogP) is 2.87. The highest BCUT2D eigenvalue weighted by atomic mass is 16.5. The summed E-state index contributed by atoms with van der Waals surface area (Å²) in [5.74, 6) is 1.44. The first kappa shape index (κ1) is 17.6. The van der Waals surface area contributed by atoms with Crippen molar-refractivity contribution in [2.24, 2.45) is 5.92 Å². The summed E-state index contributed by atoms with van der Waals surface area (Å²) >= 11 is 0. The molecule has 0 aromatic heterocycles. The van der Waals surface area contributed by atoms with Crippen LogP contribution >= 0.6 is 0 Å². The van der Waals surface area contributed by atoms with Crippen molar-refractivity contribution >= 4 is 5.97 Å². The number of carbonyl (C=O) groups is 1. The fourth-order valence-corrected chi connectivity index (χ4v) is 3.00. The zero-order valence-electron chi connectivity index (χ0n) is 14.3. The largest absolute Gasteiger partial charge is 0.493 e. The van der Waals surface area contributed by atoms with Gasteiger partial charge < -0.3 is 14.2 Å². The minimum Gasteiger partial charge on any atom is -0.493 e. The minimum atomic E-state index is -0.0677. The van der Waals surface area contributed by atoms with Crippen LogP contribution in [0.3, 0.4) is 0 Å². The van der Waals surface area contributed by atoms with Gasteiger partial charge in [0.05, 0.1) is 26.2 Å². The molecule has 0 spiro atoms. The summed E-state index contributed by atoms with van der Waals surface area (Å²) < 4.78 is 16.1. The van der Waals surface area contributed by atoms with Crippen molar-refractivity contribution in [1.82, 2.24) is 4.90 Å². The number of esters is 1. The van der Waals surface area contributed by atoms with E-state index in [0.717, 1.165) is 44.0 Å².